The predicted octanol–water partition coefficient (Wildman–Crippen LogP) is 11.6. The lowest BCUT2D eigenvalue weighted by atomic mass is 9.88. The number of fused-ring (bicyclic) bond motifs is 13. The maximum atomic E-state index is 5.28. The Morgan fingerprint density at radius 1 is 0.333 bits per heavy atom. The molecule has 2 heteroatoms. The van der Waals surface area contributed by atoms with E-state index in [1.165, 1.54) is 76.2 Å². The number of benzene rings is 8. The smallest absolute Gasteiger partial charge is 0.146 e. The van der Waals surface area contributed by atoms with Crippen LogP contribution in [0.5, 0.6) is 0 Å². The van der Waals surface area contributed by atoms with Gasteiger partial charge < -0.3 is 0 Å². The molecule has 10 rings (SSSR count). The van der Waals surface area contributed by atoms with Crippen LogP contribution in [-0.2, 0) is 0 Å². The van der Waals surface area contributed by atoms with E-state index in [0.29, 0.717) is 0 Å². The summed E-state index contributed by atoms with van der Waals surface area (Å²) >= 11 is 0. The van der Waals surface area contributed by atoms with Gasteiger partial charge in [0, 0.05) is 10.8 Å². The first kappa shape index (κ1) is 24.5. The second-order valence-corrected chi connectivity index (χ2v) is 11.9. The summed E-state index contributed by atoms with van der Waals surface area (Å²) < 4.78 is 2.33. The van der Waals surface area contributed by atoms with Gasteiger partial charge in [-0.25, -0.2) is 4.98 Å². The predicted molar refractivity (Wildman–Crippen MR) is 191 cm³/mol. The maximum Gasteiger partial charge on any atom is 0.146 e. The standard InChI is InChI=1S/C43H26N2/c1-2-12-27(13-3-1)36-25-38-32-17-7-5-15-30(32)37(26-39(38)31-16-6-4-14-29(31)36)28-22-23-42-40(24-28)44-43-35-20-9-8-18-33(35)34-19-10-11-21-41(34)45(42)43/h1-26H. The molecule has 2 nitrogen and oxygen atoms in total. The highest BCUT2D eigenvalue weighted by molar-refractivity contribution is 6.24. The Balaban J connectivity index is 1.29. The van der Waals surface area contributed by atoms with E-state index in [1.807, 2.05) is 0 Å². The van der Waals surface area contributed by atoms with Gasteiger partial charge in [0.25, 0.3) is 0 Å². The lowest BCUT2D eigenvalue weighted by molar-refractivity contribution is 1.31. The van der Waals surface area contributed by atoms with Crippen molar-refractivity contribution in [3.63, 3.8) is 0 Å². The number of aromatic nitrogens is 2. The minimum absolute atomic E-state index is 0.999. The molecule has 0 aliphatic carbocycles. The second kappa shape index (κ2) is 9.25. The summed E-state index contributed by atoms with van der Waals surface area (Å²) in [5.74, 6) is 0. The van der Waals surface area contributed by atoms with Gasteiger partial charge in [-0.3, -0.25) is 4.40 Å². The van der Waals surface area contributed by atoms with Crippen LogP contribution >= 0.6 is 0 Å². The summed E-state index contributed by atoms with van der Waals surface area (Å²) in [5.41, 5.74) is 9.21. The molecule has 0 aliphatic heterocycles. The van der Waals surface area contributed by atoms with Gasteiger partial charge in [0.2, 0.25) is 0 Å². The van der Waals surface area contributed by atoms with E-state index >= 15 is 0 Å². The number of para-hydroxylation sites is 1. The normalized spacial score (nSPS) is 12.0. The third-order valence-corrected chi connectivity index (χ3v) is 9.54. The molecule has 0 N–H and O–H groups in total. The number of imidazole rings is 1. The van der Waals surface area contributed by atoms with Crippen molar-refractivity contribution in [2.24, 2.45) is 0 Å². The molecule has 0 fully saturated rings. The Labute approximate surface area is 259 Å². The molecule has 8 aromatic carbocycles. The van der Waals surface area contributed by atoms with E-state index in [9.17, 15) is 0 Å². The van der Waals surface area contributed by atoms with Crippen LogP contribution in [0.2, 0.25) is 0 Å². The van der Waals surface area contributed by atoms with Crippen LogP contribution in [0.25, 0.3) is 92.9 Å². The van der Waals surface area contributed by atoms with Gasteiger partial charge in [0.15, 0.2) is 0 Å². The van der Waals surface area contributed by atoms with E-state index in [4.69, 9.17) is 4.98 Å². The van der Waals surface area contributed by atoms with Crippen molar-refractivity contribution in [2.75, 3.05) is 0 Å². The van der Waals surface area contributed by atoms with Crippen LogP contribution in [0.1, 0.15) is 0 Å². The van der Waals surface area contributed by atoms with Gasteiger partial charge in [-0.15, -0.1) is 0 Å². The van der Waals surface area contributed by atoms with E-state index in [1.54, 1.807) is 0 Å². The largest absolute Gasteiger partial charge is 0.292 e. The molecule has 0 saturated carbocycles. The molecule has 0 amide bonds. The molecule has 10 aromatic rings. The first-order valence-electron chi connectivity index (χ1n) is 15.5. The molecular formula is C43H26N2. The monoisotopic (exact) mass is 570 g/mol. The van der Waals surface area contributed by atoms with Crippen molar-refractivity contribution < 1.29 is 0 Å². The molecular weight excluding hydrogens is 544 g/mol. The topological polar surface area (TPSA) is 17.3 Å². The van der Waals surface area contributed by atoms with Gasteiger partial charge in [0.1, 0.15) is 5.65 Å². The van der Waals surface area contributed by atoms with E-state index in [-0.39, 0.29) is 0 Å². The van der Waals surface area contributed by atoms with E-state index < -0.39 is 0 Å². The molecule has 208 valence electrons. The van der Waals surface area contributed by atoms with Crippen LogP contribution in [-0.4, -0.2) is 9.38 Å². The van der Waals surface area contributed by atoms with Gasteiger partial charge in [-0.2, -0.15) is 0 Å². The summed E-state index contributed by atoms with van der Waals surface area (Å²) in [4.78, 5) is 5.28. The Kier molecular flexibility index (Phi) is 5.03. The highest BCUT2D eigenvalue weighted by Crippen LogP contribution is 2.42. The maximum absolute atomic E-state index is 5.28. The minimum Gasteiger partial charge on any atom is -0.292 e. The van der Waals surface area contributed by atoms with Crippen LogP contribution in [0.15, 0.2) is 158 Å². The third-order valence-electron chi connectivity index (χ3n) is 9.54. The molecule has 0 radical (unpaired) electrons. The van der Waals surface area contributed by atoms with Crippen molar-refractivity contribution in [2.45, 2.75) is 0 Å². The molecule has 0 aliphatic rings. The molecule has 2 heterocycles. The summed E-state index contributed by atoms with van der Waals surface area (Å²) in [7, 11) is 0. The molecule has 2 aromatic heterocycles. The van der Waals surface area contributed by atoms with Gasteiger partial charge in [0.05, 0.1) is 16.6 Å². The molecule has 0 unspecified atom stereocenters. The van der Waals surface area contributed by atoms with Crippen molar-refractivity contribution in [3.05, 3.63) is 158 Å². The number of hydrogen-bond donors (Lipinski definition) is 0. The zero-order valence-electron chi connectivity index (χ0n) is 24.4. The summed E-state index contributed by atoms with van der Waals surface area (Å²) in [6, 6.07) is 57.3. The van der Waals surface area contributed by atoms with Crippen LogP contribution in [0.4, 0.5) is 0 Å². The quantitative estimate of drug-likeness (QED) is 0.189. The van der Waals surface area contributed by atoms with Gasteiger partial charge >= 0.3 is 0 Å². The van der Waals surface area contributed by atoms with Crippen molar-refractivity contribution >= 4 is 70.7 Å². The number of hydrogen-bond acceptors (Lipinski definition) is 1. The number of nitrogens with zero attached hydrogens (tertiary/aromatic N) is 2. The highest BCUT2D eigenvalue weighted by Gasteiger charge is 2.17. The molecule has 45 heavy (non-hydrogen) atoms. The second-order valence-electron chi connectivity index (χ2n) is 11.9. The fourth-order valence-corrected chi connectivity index (χ4v) is 7.53. The summed E-state index contributed by atoms with van der Waals surface area (Å²) in [6.45, 7) is 0. The fraction of sp³-hybridized carbons (Fsp3) is 0. The molecule has 0 atom stereocenters. The average Bonchev–Trinajstić information content (AvgIpc) is 3.51. The van der Waals surface area contributed by atoms with E-state index in [2.05, 4.69) is 162 Å². The first-order valence-corrected chi connectivity index (χ1v) is 15.5. The SMILES string of the molecule is c1ccc(-c2cc3c4ccccc4c(-c4ccc5c(c4)nc4c6ccccc6c6ccccc6n54)cc3c3ccccc23)cc1. The van der Waals surface area contributed by atoms with Crippen LogP contribution < -0.4 is 0 Å². The lowest BCUT2D eigenvalue weighted by Crippen LogP contribution is -1.91. The molecule has 0 saturated heterocycles. The van der Waals surface area contributed by atoms with Gasteiger partial charge in [-0.05, 0) is 90.3 Å². The average molecular weight is 571 g/mol. The molecule has 0 spiro atoms. The third kappa shape index (κ3) is 3.48. The Bertz CT molecular complexity index is 2810. The lowest BCUT2D eigenvalue weighted by Gasteiger charge is -2.16. The van der Waals surface area contributed by atoms with Crippen LogP contribution in [0, 0.1) is 0 Å². The summed E-state index contributed by atoms with van der Waals surface area (Å²) in [6.07, 6.45) is 0. The molecule has 0 bridgehead atoms. The van der Waals surface area contributed by atoms with Crippen LogP contribution in [0.3, 0.4) is 0 Å². The van der Waals surface area contributed by atoms with Crippen molar-refractivity contribution in [3.8, 4) is 22.3 Å². The highest BCUT2D eigenvalue weighted by atomic mass is 15.0. The first-order chi connectivity index (χ1) is 22.3. The van der Waals surface area contributed by atoms with Crippen molar-refractivity contribution in [1.29, 1.82) is 0 Å². The van der Waals surface area contributed by atoms with E-state index in [0.717, 1.165) is 16.7 Å². The fourth-order valence-electron chi connectivity index (χ4n) is 7.53. The zero-order valence-corrected chi connectivity index (χ0v) is 24.4. The Morgan fingerprint density at radius 2 is 0.844 bits per heavy atom. The number of pyridine rings is 1. The summed E-state index contributed by atoms with van der Waals surface area (Å²) in [5, 5.41) is 11.2. The van der Waals surface area contributed by atoms with Gasteiger partial charge in [-0.1, -0.05) is 127 Å². The minimum atomic E-state index is 0.999. The number of rotatable bonds is 2. The van der Waals surface area contributed by atoms with Crippen molar-refractivity contribution in [1.82, 2.24) is 9.38 Å². The Morgan fingerprint density at radius 3 is 1.51 bits per heavy atom. The zero-order chi connectivity index (χ0) is 29.5. The Hall–Kier alpha value is -5.99.